The largest absolute Gasteiger partial charge is 0.397 e. The van der Waals surface area contributed by atoms with E-state index >= 15 is 0 Å². The third-order valence-electron chi connectivity index (χ3n) is 1.80. The van der Waals surface area contributed by atoms with Gasteiger partial charge in [0.05, 0.1) is 18.1 Å². The van der Waals surface area contributed by atoms with Gasteiger partial charge in [0.15, 0.2) is 0 Å². The second-order valence-corrected chi connectivity index (χ2v) is 5.21. The number of nitrogen functional groups attached to an aromatic ring is 1. The molecule has 0 bridgehead atoms. The Labute approximate surface area is 106 Å². The van der Waals surface area contributed by atoms with Crippen molar-refractivity contribution in [1.82, 2.24) is 9.97 Å². The molecule has 0 spiro atoms. The molecule has 0 fully saturated rings. The van der Waals surface area contributed by atoms with Crippen molar-refractivity contribution >= 4 is 33.0 Å². The van der Waals surface area contributed by atoms with Gasteiger partial charge in [-0.05, 0) is 51.0 Å². The first-order valence-electron chi connectivity index (χ1n) is 4.63. The van der Waals surface area contributed by atoms with Gasteiger partial charge in [0.1, 0.15) is 15.7 Å². The average Bonchev–Trinajstić information content (AvgIpc) is 2.39. The van der Waals surface area contributed by atoms with Crippen LogP contribution in [0.4, 0.5) is 11.4 Å². The minimum absolute atomic E-state index is 0.324. The Hall–Kier alpha value is -1.60. The van der Waals surface area contributed by atoms with E-state index in [1.807, 2.05) is 6.07 Å². The molecule has 0 amide bonds. The van der Waals surface area contributed by atoms with Crippen LogP contribution in [0.15, 0.2) is 51.9 Å². The summed E-state index contributed by atoms with van der Waals surface area (Å²) in [7, 11) is 2.93. The van der Waals surface area contributed by atoms with E-state index in [1.54, 1.807) is 24.4 Å². The van der Waals surface area contributed by atoms with Gasteiger partial charge in [0.25, 0.3) is 0 Å². The van der Waals surface area contributed by atoms with Crippen molar-refractivity contribution in [3.05, 3.63) is 41.6 Å². The van der Waals surface area contributed by atoms with Gasteiger partial charge in [-0.25, -0.2) is 9.97 Å². The highest BCUT2D eigenvalue weighted by atomic mass is 33.1. The molecule has 0 atom stereocenters. The van der Waals surface area contributed by atoms with E-state index in [0.717, 1.165) is 10.1 Å². The molecule has 7 heteroatoms. The molecular formula is C10H8N4OS2. The van der Waals surface area contributed by atoms with Crippen LogP contribution < -0.4 is 5.73 Å². The van der Waals surface area contributed by atoms with Crippen LogP contribution in [0.1, 0.15) is 0 Å². The van der Waals surface area contributed by atoms with Crippen LogP contribution >= 0.6 is 21.6 Å². The van der Waals surface area contributed by atoms with Gasteiger partial charge in [-0.3, -0.25) is 0 Å². The standard InChI is InChI=1S/C10H8N4OS2/c11-7-1-3-9(12-5-7)16-17-10-4-2-8(14-15)6-13-10/h1-6H,11H2. The van der Waals surface area contributed by atoms with E-state index in [0.29, 0.717) is 11.4 Å². The second-order valence-electron chi connectivity index (χ2n) is 3.04. The lowest BCUT2D eigenvalue weighted by atomic mass is 10.4. The van der Waals surface area contributed by atoms with Crippen molar-refractivity contribution in [2.24, 2.45) is 5.18 Å². The SMILES string of the molecule is Nc1ccc(SSc2ccc(N=O)cn2)nc1. The fourth-order valence-electron chi connectivity index (χ4n) is 1.00. The lowest BCUT2D eigenvalue weighted by Crippen LogP contribution is -1.85. The predicted octanol–water partition coefficient (Wildman–Crippen LogP) is 3.26. The van der Waals surface area contributed by atoms with E-state index in [2.05, 4.69) is 15.1 Å². The Kier molecular flexibility index (Phi) is 3.94. The number of pyridine rings is 2. The summed E-state index contributed by atoms with van der Waals surface area (Å²) in [5, 5.41) is 4.43. The highest BCUT2D eigenvalue weighted by Crippen LogP contribution is 2.35. The van der Waals surface area contributed by atoms with Gasteiger partial charge in [-0.15, -0.1) is 4.91 Å². The smallest absolute Gasteiger partial charge is 0.126 e. The molecular weight excluding hydrogens is 256 g/mol. The molecule has 2 N–H and O–H groups in total. The molecule has 0 radical (unpaired) electrons. The molecule has 2 heterocycles. The number of nitroso groups, excluding NO2 is 1. The van der Waals surface area contributed by atoms with E-state index in [9.17, 15) is 4.91 Å². The Morgan fingerprint density at radius 3 is 2.12 bits per heavy atom. The lowest BCUT2D eigenvalue weighted by Gasteiger charge is -2.00. The topological polar surface area (TPSA) is 81.2 Å². The Bertz CT molecular complexity index is 501. The summed E-state index contributed by atoms with van der Waals surface area (Å²) in [6, 6.07) is 7.00. The zero-order valence-electron chi connectivity index (χ0n) is 8.61. The summed E-state index contributed by atoms with van der Waals surface area (Å²) in [5.74, 6) is 0. The number of rotatable bonds is 4. The first-order chi connectivity index (χ1) is 8.28. The van der Waals surface area contributed by atoms with Gasteiger partial charge in [0.2, 0.25) is 0 Å². The van der Waals surface area contributed by atoms with Crippen LogP contribution in [0, 0.1) is 4.91 Å². The number of hydrogen-bond donors (Lipinski definition) is 1. The van der Waals surface area contributed by atoms with E-state index < -0.39 is 0 Å². The maximum Gasteiger partial charge on any atom is 0.126 e. The maximum absolute atomic E-state index is 10.2. The molecule has 0 aliphatic heterocycles. The monoisotopic (exact) mass is 264 g/mol. The van der Waals surface area contributed by atoms with Crippen LogP contribution in [-0.2, 0) is 0 Å². The molecule has 5 nitrogen and oxygen atoms in total. The minimum Gasteiger partial charge on any atom is -0.397 e. The highest BCUT2D eigenvalue weighted by molar-refractivity contribution is 8.76. The molecule has 2 aromatic rings. The van der Waals surface area contributed by atoms with Crippen molar-refractivity contribution in [2.45, 2.75) is 10.1 Å². The summed E-state index contributed by atoms with van der Waals surface area (Å²) < 4.78 is 0. The van der Waals surface area contributed by atoms with Crippen molar-refractivity contribution < 1.29 is 0 Å². The molecule has 0 aromatic carbocycles. The normalized spacial score (nSPS) is 10.1. The summed E-state index contributed by atoms with van der Waals surface area (Å²) in [6.45, 7) is 0. The van der Waals surface area contributed by atoms with Crippen LogP contribution in [0.25, 0.3) is 0 Å². The number of aromatic nitrogens is 2. The molecule has 0 saturated carbocycles. The highest BCUT2D eigenvalue weighted by Gasteiger charge is 2.00. The van der Waals surface area contributed by atoms with Gasteiger partial charge >= 0.3 is 0 Å². The van der Waals surface area contributed by atoms with Crippen molar-refractivity contribution in [3.8, 4) is 0 Å². The lowest BCUT2D eigenvalue weighted by molar-refractivity contribution is 1.13. The summed E-state index contributed by atoms with van der Waals surface area (Å²) in [5.41, 5.74) is 6.50. The Morgan fingerprint density at radius 1 is 1.00 bits per heavy atom. The fourth-order valence-corrected chi connectivity index (χ4v) is 2.72. The Morgan fingerprint density at radius 2 is 1.65 bits per heavy atom. The molecule has 0 saturated heterocycles. The first-order valence-corrected chi connectivity index (χ1v) is 6.78. The van der Waals surface area contributed by atoms with E-state index in [-0.39, 0.29) is 0 Å². The van der Waals surface area contributed by atoms with Gasteiger partial charge in [-0.2, -0.15) is 0 Å². The van der Waals surface area contributed by atoms with E-state index in [4.69, 9.17) is 5.73 Å². The summed E-state index contributed by atoms with van der Waals surface area (Å²) in [6.07, 6.45) is 3.04. The first kappa shape index (κ1) is 11.9. The van der Waals surface area contributed by atoms with Gasteiger partial charge < -0.3 is 5.73 Å². The van der Waals surface area contributed by atoms with Crippen molar-refractivity contribution in [3.63, 3.8) is 0 Å². The molecule has 86 valence electrons. The quantitative estimate of drug-likeness (QED) is 0.674. The molecule has 2 rings (SSSR count). The number of nitrogens with two attached hydrogens (primary N) is 1. The number of hydrogen-bond acceptors (Lipinski definition) is 7. The number of anilines is 1. The second kappa shape index (κ2) is 5.65. The molecule has 0 aliphatic carbocycles. The Balaban J connectivity index is 1.97. The predicted molar refractivity (Wildman–Crippen MR) is 70.1 cm³/mol. The maximum atomic E-state index is 10.2. The summed E-state index contributed by atoms with van der Waals surface area (Å²) >= 11 is 0. The van der Waals surface area contributed by atoms with Gasteiger partial charge in [-0.1, -0.05) is 0 Å². The zero-order valence-corrected chi connectivity index (χ0v) is 10.2. The zero-order chi connectivity index (χ0) is 12.1. The van der Waals surface area contributed by atoms with Crippen LogP contribution in [0.3, 0.4) is 0 Å². The summed E-state index contributed by atoms with van der Waals surface area (Å²) in [4.78, 5) is 18.4. The third-order valence-corrected chi connectivity index (χ3v) is 3.98. The minimum atomic E-state index is 0.324. The van der Waals surface area contributed by atoms with Gasteiger partial charge in [0, 0.05) is 0 Å². The number of nitrogens with zero attached hydrogens (tertiary/aromatic N) is 3. The average molecular weight is 264 g/mol. The van der Waals surface area contributed by atoms with Crippen molar-refractivity contribution in [2.75, 3.05) is 5.73 Å². The van der Waals surface area contributed by atoms with Crippen LogP contribution in [-0.4, -0.2) is 9.97 Å². The van der Waals surface area contributed by atoms with Crippen LogP contribution in [0.5, 0.6) is 0 Å². The molecule has 2 aromatic heterocycles. The van der Waals surface area contributed by atoms with Crippen molar-refractivity contribution in [1.29, 1.82) is 0 Å². The third kappa shape index (κ3) is 3.43. The fraction of sp³-hybridized carbons (Fsp3) is 0. The molecule has 0 aliphatic rings. The molecule has 0 unspecified atom stereocenters. The molecule has 17 heavy (non-hydrogen) atoms. The van der Waals surface area contributed by atoms with Crippen LogP contribution in [0.2, 0.25) is 0 Å². The van der Waals surface area contributed by atoms with E-state index in [1.165, 1.54) is 27.8 Å².